The van der Waals surface area contributed by atoms with Gasteiger partial charge in [-0.3, -0.25) is 0 Å². The van der Waals surface area contributed by atoms with Gasteiger partial charge in [-0.15, -0.1) is 0 Å². The molecule has 0 aliphatic carbocycles. The van der Waals surface area contributed by atoms with Crippen molar-refractivity contribution in [3.05, 3.63) is 35.4 Å². The average molecular weight is 386 g/mol. The second kappa shape index (κ2) is 10.4. The lowest BCUT2D eigenvalue weighted by molar-refractivity contribution is -0.281. The molecule has 2 aliphatic heterocycles. The van der Waals surface area contributed by atoms with E-state index in [2.05, 4.69) is 0 Å². The molecule has 5 nitrogen and oxygen atoms in total. The van der Waals surface area contributed by atoms with Gasteiger partial charge in [0.1, 0.15) is 0 Å². The fourth-order valence-electron chi connectivity index (χ4n) is 3.37. The van der Waals surface area contributed by atoms with Crippen molar-refractivity contribution in [2.24, 2.45) is 11.8 Å². The minimum atomic E-state index is -0.833. The number of hydrogen-bond acceptors (Lipinski definition) is 5. The molecule has 7 heteroatoms. The van der Waals surface area contributed by atoms with E-state index < -0.39 is 11.6 Å². The number of methoxy groups -OCH3 is 1. The van der Waals surface area contributed by atoms with Crippen LogP contribution >= 0.6 is 0 Å². The van der Waals surface area contributed by atoms with E-state index in [-0.39, 0.29) is 18.5 Å². The Morgan fingerprint density at radius 1 is 0.963 bits per heavy atom. The molecule has 2 aliphatic rings. The molecule has 0 saturated carbocycles. The molecule has 2 fully saturated rings. The van der Waals surface area contributed by atoms with Crippen LogP contribution in [0, 0.1) is 23.5 Å². The Kier molecular flexibility index (Phi) is 7.96. The smallest absolute Gasteiger partial charge is 0.164 e. The number of ether oxygens (including phenoxy) is 5. The standard InChI is InChI=1S/C20H28F2O5/c1-23-8-2-3-15-10-26-20(27-11-15)16-12-24-19(25-13-16)7-5-14-4-6-17(21)18(22)9-14/h4,6,9,15-16,19-20H,2-3,5,7-8,10-13H2,1H3. The summed E-state index contributed by atoms with van der Waals surface area (Å²) in [5.41, 5.74) is 0.724. The molecule has 27 heavy (non-hydrogen) atoms. The van der Waals surface area contributed by atoms with Crippen LogP contribution in [-0.2, 0) is 30.1 Å². The first kappa shape index (κ1) is 20.6. The zero-order valence-electron chi connectivity index (χ0n) is 15.7. The molecule has 0 aromatic heterocycles. The molecule has 0 amide bonds. The number of rotatable bonds is 8. The third-order valence-electron chi connectivity index (χ3n) is 4.98. The monoisotopic (exact) mass is 386 g/mol. The van der Waals surface area contributed by atoms with E-state index in [1.54, 1.807) is 13.2 Å². The van der Waals surface area contributed by atoms with Crippen molar-refractivity contribution in [2.75, 3.05) is 40.1 Å². The van der Waals surface area contributed by atoms with Crippen LogP contribution in [-0.4, -0.2) is 52.7 Å². The van der Waals surface area contributed by atoms with Gasteiger partial charge in [0.15, 0.2) is 24.2 Å². The van der Waals surface area contributed by atoms with E-state index in [0.717, 1.165) is 31.1 Å². The van der Waals surface area contributed by atoms with E-state index in [4.69, 9.17) is 23.7 Å². The van der Waals surface area contributed by atoms with Crippen LogP contribution in [0.4, 0.5) is 8.78 Å². The topological polar surface area (TPSA) is 46.2 Å². The van der Waals surface area contributed by atoms with Crippen LogP contribution in [0.5, 0.6) is 0 Å². The maximum absolute atomic E-state index is 13.2. The summed E-state index contributed by atoms with van der Waals surface area (Å²) in [5.74, 6) is -1.21. The molecule has 2 heterocycles. The fourth-order valence-corrected chi connectivity index (χ4v) is 3.37. The Morgan fingerprint density at radius 2 is 1.70 bits per heavy atom. The first-order valence-electron chi connectivity index (χ1n) is 9.55. The Morgan fingerprint density at radius 3 is 2.37 bits per heavy atom. The Balaban J connectivity index is 1.34. The minimum absolute atomic E-state index is 0.0458. The number of hydrogen-bond donors (Lipinski definition) is 0. The van der Waals surface area contributed by atoms with Gasteiger partial charge in [-0.1, -0.05) is 6.07 Å². The van der Waals surface area contributed by atoms with Crippen molar-refractivity contribution in [3.8, 4) is 0 Å². The molecule has 152 valence electrons. The highest BCUT2D eigenvalue weighted by atomic mass is 19.2. The van der Waals surface area contributed by atoms with Crippen molar-refractivity contribution in [1.82, 2.24) is 0 Å². The van der Waals surface area contributed by atoms with Gasteiger partial charge in [-0.2, -0.15) is 0 Å². The average Bonchev–Trinajstić information content (AvgIpc) is 2.70. The number of aryl methyl sites for hydroxylation is 1. The summed E-state index contributed by atoms with van der Waals surface area (Å²) >= 11 is 0. The Hall–Kier alpha value is -1.12. The van der Waals surface area contributed by atoms with Crippen LogP contribution in [0.15, 0.2) is 18.2 Å². The van der Waals surface area contributed by atoms with Gasteiger partial charge in [-0.05, 0) is 37.0 Å². The summed E-state index contributed by atoms with van der Waals surface area (Å²) < 4.78 is 54.5. The highest BCUT2D eigenvalue weighted by Crippen LogP contribution is 2.25. The lowest BCUT2D eigenvalue weighted by atomic mass is 10.0. The van der Waals surface area contributed by atoms with Gasteiger partial charge in [-0.25, -0.2) is 8.78 Å². The van der Waals surface area contributed by atoms with Gasteiger partial charge in [0.05, 0.1) is 32.3 Å². The SMILES string of the molecule is COCCCC1COC(C2COC(CCc3ccc(F)c(F)c3)OC2)OC1. The third kappa shape index (κ3) is 6.19. The van der Waals surface area contributed by atoms with E-state index in [0.29, 0.717) is 45.2 Å². The van der Waals surface area contributed by atoms with Crippen LogP contribution in [0.2, 0.25) is 0 Å². The summed E-state index contributed by atoms with van der Waals surface area (Å²) in [7, 11) is 1.71. The zero-order valence-corrected chi connectivity index (χ0v) is 15.7. The maximum atomic E-state index is 13.2. The summed E-state index contributed by atoms with van der Waals surface area (Å²) in [6.07, 6.45) is 2.55. The molecule has 0 atom stereocenters. The molecule has 0 unspecified atom stereocenters. The van der Waals surface area contributed by atoms with E-state index >= 15 is 0 Å². The molecule has 0 spiro atoms. The Bertz CT molecular complexity index is 569. The zero-order chi connectivity index (χ0) is 19.1. The normalized spacial score (nSPS) is 29.0. The van der Waals surface area contributed by atoms with E-state index in [1.807, 2.05) is 0 Å². The van der Waals surface area contributed by atoms with Gasteiger partial charge in [0.25, 0.3) is 0 Å². The second-order valence-electron chi connectivity index (χ2n) is 7.18. The largest absolute Gasteiger partial charge is 0.385 e. The van der Waals surface area contributed by atoms with Crippen LogP contribution in [0.25, 0.3) is 0 Å². The molecule has 3 rings (SSSR count). The van der Waals surface area contributed by atoms with Crippen LogP contribution < -0.4 is 0 Å². The molecular weight excluding hydrogens is 358 g/mol. The van der Waals surface area contributed by atoms with Gasteiger partial charge in [0.2, 0.25) is 0 Å². The van der Waals surface area contributed by atoms with Crippen LogP contribution in [0.1, 0.15) is 24.8 Å². The predicted molar refractivity (Wildman–Crippen MR) is 94.2 cm³/mol. The third-order valence-corrected chi connectivity index (χ3v) is 4.98. The lowest BCUT2D eigenvalue weighted by Crippen LogP contribution is -2.44. The van der Waals surface area contributed by atoms with Gasteiger partial charge >= 0.3 is 0 Å². The molecule has 2 saturated heterocycles. The van der Waals surface area contributed by atoms with Crippen LogP contribution in [0.3, 0.4) is 0 Å². The van der Waals surface area contributed by atoms with Crippen molar-refractivity contribution in [3.63, 3.8) is 0 Å². The first-order valence-corrected chi connectivity index (χ1v) is 9.55. The quantitative estimate of drug-likeness (QED) is 0.642. The summed E-state index contributed by atoms with van der Waals surface area (Å²) in [6, 6.07) is 3.94. The van der Waals surface area contributed by atoms with Gasteiger partial charge in [0, 0.05) is 26.1 Å². The van der Waals surface area contributed by atoms with Gasteiger partial charge < -0.3 is 23.7 Å². The summed E-state index contributed by atoms with van der Waals surface area (Å²) in [5, 5.41) is 0. The number of benzene rings is 1. The van der Waals surface area contributed by atoms with Crippen molar-refractivity contribution in [1.29, 1.82) is 0 Å². The fraction of sp³-hybridized carbons (Fsp3) is 0.700. The Labute approximate surface area is 158 Å². The molecule has 0 bridgehead atoms. The second-order valence-corrected chi connectivity index (χ2v) is 7.18. The van der Waals surface area contributed by atoms with Crippen molar-refractivity contribution < 1.29 is 32.5 Å². The molecule has 1 aromatic carbocycles. The maximum Gasteiger partial charge on any atom is 0.164 e. The van der Waals surface area contributed by atoms with Crippen molar-refractivity contribution in [2.45, 2.75) is 38.3 Å². The first-order chi connectivity index (χ1) is 13.2. The molecular formula is C20H28F2O5. The molecule has 0 N–H and O–H groups in total. The molecule has 0 radical (unpaired) electrons. The van der Waals surface area contributed by atoms with E-state index in [1.165, 1.54) is 6.07 Å². The highest BCUT2D eigenvalue weighted by molar-refractivity contribution is 5.17. The minimum Gasteiger partial charge on any atom is -0.385 e. The van der Waals surface area contributed by atoms with E-state index in [9.17, 15) is 8.78 Å². The summed E-state index contributed by atoms with van der Waals surface area (Å²) in [6.45, 7) is 3.13. The lowest BCUT2D eigenvalue weighted by Gasteiger charge is -2.37. The number of halogens is 2. The highest BCUT2D eigenvalue weighted by Gasteiger charge is 2.33. The summed E-state index contributed by atoms with van der Waals surface area (Å²) in [4.78, 5) is 0. The predicted octanol–water partition coefficient (Wildman–Crippen LogP) is 3.30. The van der Waals surface area contributed by atoms with Crippen molar-refractivity contribution >= 4 is 0 Å². The molecule has 1 aromatic rings.